The molecule has 0 radical (unpaired) electrons. The van der Waals surface area contributed by atoms with Crippen LogP contribution in [0.3, 0.4) is 0 Å². The Balaban J connectivity index is 1.90. The third kappa shape index (κ3) is 3.71. The summed E-state index contributed by atoms with van der Waals surface area (Å²) in [5, 5.41) is 6.50. The summed E-state index contributed by atoms with van der Waals surface area (Å²) in [5.74, 6) is 0.452. The first kappa shape index (κ1) is 14.3. The predicted molar refractivity (Wildman–Crippen MR) is 81.3 cm³/mol. The zero-order valence-electron chi connectivity index (χ0n) is 11.2. The number of pyridine rings is 1. The number of nitrogens with one attached hydrogen (secondary N) is 2. The monoisotopic (exact) mass is 289 g/mol. The number of rotatable bonds is 5. The molecule has 0 aliphatic carbocycles. The number of carbonyl (C=O) groups excluding carboxylic acids is 1. The summed E-state index contributed by atoms with van der Waals surface area (Å²) >= 11 is 5.83. The van der Waals surface area contributed by atoms with Gasteiger partial charge in [-0.3, -0.25) is 4.79 Å². The Kier molecular flexibility index (Phi) is 4.96. The van der Waals surface area contributed by atoms with E-state index in [1.807, 2.05) is 24.3 Å². The van der Waals surface area contributed by atoms with Gasteiger partial charge in [-0.15, -0.1) is 0 Å². The molecule has 2 aromatic rings. The summed E-state index contributed by atoms with van der Waals surface area (Å²) in [5.41, 5.74) is 1.68. The third-order valence-corrected chi connectivity index (χ3v) is 3.15. The number of carbonyl (C=O) groups is 1. The van der Waals surface area contributed by atoms with E-state index in [-0.39, 0.29) is 5.91 Å². The minimum absolute atomic E-state index is 0.128. The highest BCUT2D eigenvalue weighted by molar-refractivity contribution is 6.30. The van der Waals surface area contributed by atoms with Gasteiger partial charge >= 0.3 is 0 Å². The number of halogens is 1. The Morgan fingerprint density at radius 3 is 2.70 bits per heavy atom. The van der Waals surface area contributed by atoms with Crippen molar-refractivity contribution in [1.82, 2.24) is 10.3 Å². The summed E-state index contributed by atoms with van der Waals surface area (Å²) < 4.78 is 0. The molecule has 0 spiro atoms. The number of aromatic nitrogens is 1. The lowest BCUT2D eigenvalue weighted by atomic mass is 10.1. The molecule has 5 heteroatoms. The SMILES string of the molecule is CNc1ncccc1C(=O)NCCc1ccc(Cl)cc1. The minimum atomic E-state index is -0.128. The molecular weight excluding hydrogens is 274 g/mol. The first-order valence-corrected chi connectivity index (χ1v) is 6.74. The van der Waals surface area contributed by atoms with Gasteiger partial charge in [0.25, 0.3) is 5.91 Å². The van der Waals surface area contributed by atoms with E-state index in [0.717, 1.165) is 12.0 Å². The van der Waals surface area contributed by atoms with E-state index >= 15 is 0 Å². The molecule has 4 nitrogen and oxygen atoms in total. The van der Waals surface area contributed by atoms with E-state index in [1.165, 1.54) is 0 Å². The van der Waals surface area contributed by atoms with Crippen LogP contribution in [-0.2, 0) is 6.42 Å². The molecule has 2 N–H and O–H groups in total. The van der Waals surface area contributed by atoms with E-state index in [2.05, 4.69) is 15.6 Å². The summed E-state index contributed by atoms with van der Waals surface area (Å²) in [7, 11) is 1.74. The average molecular weight is 290 g/mol. The molecule has 20 heavy (non-hydrogen) atoms. The van der Waals surface area contributed by atoms with Crippen molar-refractivity contribution in [3.8, 4) is 0 Å². The van der Waals surface area contributed by atoms with Crippen molar-refractivity contribution in [3.63, 3.8) is 0 Å². The molecule has 104 valence electrons. The molecule has 1 amide bonds. The summed E-state index contributed by atoms with van der Waals surface area (Å²) in [6.45, 7) is 0.568. The van der Waals surface area contributed by atoms with Gasteiger partial charge in [-0.05, 0) is 36.2 Å². The van der Waals surface area contributed by atoms with Crippen molar-refractivity contribution in [1.29, 1.82) is 0 Å². The van der Waals surface area contributed by atoms with Crippen molar-refractivity contribution in [2.45, 2.75) is 6.42 Å². The highest BCUT2D eigenvalue weighted by Crippen LogP contribution is 2.11. The van der Waals surface area contributed by atoms with Crippen molar-refractivity contribution >= 4 is 23.3 Å². The predicted octanol–water partition coefficient (Wildman–Crippen LogP) is 2.75. The first-order valence-electron chi connectivity index (χ1n) is 6.36. The van der Waals surface area contributed by atoms with Crippen molar-refractivity contribution in [2.24, 2.45) is 0 Å². The van der Waals surface area contributed by atoms with Crippen molar-refractivity contribution < 1.29 is 4.79 Å². The number of nitrogens with zero attached hydrogens (tertiary/aromatic N) is 1. The van der Waals surface area contributed by atoms with E-state index in [0.29, 0.717) is 22.9 Å². The third-order valence-electron chi connectivity index (χ3n) is 2.90. The Hall–Kier alpha value is -2.07. The maximum Gasteiger partial charge on any atom is 0.255 e. The second-order valence-corrected chi connectivity index (χ2v) is 4.72. The van der Waals surface area contributed by atoms with Crippen molar-refractivity contribution in [2.75, 3.05) is 18.9 Å². The van der Waals surface area contributed by atoms with Gasteiger partial charge in [0.15, 0.2) is 0 Å². The van der Waals surface area contributed by atoms with E-state index < -0.39 is 0 Å². The number of anilines is 1. The summed E-state index contributed by atoms with van der Waals surface area (Å²) in [6, 6.07) is 11.1. The fourth-order valence-corrected chi connectivity index (χ4v) is 1.98. The Bertz CT molecular complexity index is 584. The average Bonchev–Trinajstić information content (AvgIpc) is 2.49. The van der Waals surface area contributed by atoms with Crippen LogP contribution in [0.25, 0.3) is 0 Å². The van der Waals surface area contributed by atoms with Crippen LogP contribution >= 0.6 is 11.6 Å². The summed E-state index contributed by atoms with van der Waals surface area (Å²) in [6.07, 6.45) is 2.41. The largest absolute Gasteiger partial charge is 0.372 e. The van der Waals surface area contributed by atoms with Crippen LogP contribution in [0.5, 0.6) is 0 Å². The molecule has 0 fully saturated rings. The molecule has 0 saturated heterocycles. The smallest absolute Gasteiger partial charge is 0.255 e. The van der Waals surface area contributed by atoms with Crippen LogP contribution in [0, 0.1) is 0 Å². The molecule has 2 rings (SSSR count). The molecule has 0 atom stereocenters. The van der Waals surface area contributed by atoms with Gasteiger partial charge in [0.2, 0.25) is 0 Å². The van der Waals surface area contributed by atoms with Crippen LogP contribution < -0.4 is 10.6 Å². The van der Waals surface area contributed by atoms with Gasteiger partial charge in [-0.1, -0.05) is 23.7 Å². The van der Waals surface area contributed by atoms with Gasteiger partial charge in [-0.25, -0.2) is 4.98 Å². The number of amides is 1. The number of hydrogen-bond donors (Lipinski definition) is 2. The summed E-state index contributed by atoms with van der Waals surface area (Å²) in [4.78, 5) is 16.2. The first-order chi connectivity index (χ1) is 9.70. The van der Waals surface area contributed by atoms with Gasteiger partial charge in [-0.2, -0.15) is 0 Å². The lowest BCUT2D eigenvalue weighted by Gasteiger charge is -2.08. The number of benzene rings is 1. The zero-order valence-corrected chi connectivity index (χ0v) is 11.9. The van der Waals surface area contributed by atoms with Crippen LogP contribution in [-0.4, -0.2) is 24.5 Å². The molecule has 1 aromatic heterocycles. The molecule has 0 aliphatic rings. The standard InChI is InChI=1S/C15H16ClN3O/c1-17-14-13(3-2-9-18-14)15(20)19-10-8-11-4-6-12(16)7-5-11/h2-7,9H,8,10H2,1H3,(H,17,18)(H,19,20). The molecule has 0 aliphatic heterocycles. The van der Waals surface area contributed by atoms with Crippen molar-refractivity contribution in [3.05, 3.63) is 58.7 Å². The fourth-order valence-electron chi connectivity index (χ4n) is 1.85. The molecule has 0 saturated carbocycles. The molecular formula is C15H16ClN3O. The van der Waals surface area contributed by atoms with Gasteiger partial charge in [0.1, 0.15) is 5.82 Å². The fraction of sp³-hybridized carbons (Fsp3) is 0.200. The highest BCUT2D eigenvalue weighted by atomic mass is 35.5. The maximum absolute atomic E-state index is 12.1. The lowest BCUT2D eigenvalue weighted by Crippen LogP contribution is -2.26. The highest BCUT2D eigenvalue weighted by Gasteiger charge is 2.10. The van der Waals surface area contributed by atoms with E-state index in [1.54, 1.807) is 25.4 Å². The Morgan fingerprint density at radius 2 is 2.00 bits per heavy atom. The molecule has 0 bridgehead atoms. The Labute approximate surface area is 123 Å². The van der Waals surface area contributed by atoms with Crippen LogP contribution in [0.2, 0.25) is 5.02 Å². The topological polar surface area (TPSA) is 54.0 Å². The van der Waals surface area contributed by atoms with Gasteiger partial charge in [0, 0.05) is 24.8 Å². The quantitative estimate of drug-likeness (QED) is 0.890. The van der Waals surface area contributed by atoms with Gasteiger partial charge in [0.05, 0.1) is 5.56 Å². The van der Waals surface area contributed by atoms with Crippen LogP contribution in [0.1, 0.15) is 15.9 Å². The van der Waals surface area contributed by atoms with Gasteiger partial charge < -0.3 is 10.6 Å². The van der Waals surface area contributed by atoms with Crippen LogP contribution in [0.15, 0.2) is 42.6 Å². The van der Waals surface area contributed by atoms with E-state index in [9.17, 15) is 4.79 Å². The number of hydrogen-bond acceptors (Lipinski definition) is 3. The maximum atomic E-state index is 12.1. The second kappa shape index (κ2) is 6.91. The zero-order chi connectivity index (χ0) is 14.4. The normalized spacial score (nSPS) is 10.1. The molecule has 1 heterocycles. The van der Waals surface area contributed by atoms with E-state index in [4.69, 9.17) is 11.6 Å². The molecule has 0 unspecified atom stereocenters. The Morgan fingerprint density at radius 1 is 1.25 bits per heavy atom. The second-order valence-electron chi connectivity index (χ2n) is 4.28. The van der Waals surface area contributed by atoms with Crippen LogP contribution in [0.4, 0.5) is 5.82 Å². The minimum Gasteiger partial charge on any atom is -0.372 e. The molecule has 1 aromatic carbocycles. The lowest BCUT2D eigenvalue weighted by molar-refractivity contribution is 0.0954.